The van der Waals surface area contributed by atoms with E-state index in [1.54, 1.807) is 16.2 Å². The van der Waals surface area contributed by atoms with Gasteiger partial charge >= 0.3 is 0 Å². The molecule has 7 heteroatoms. The van der Waals surface area contributed by atoms with Gasteiger partial charge in [0, 0.05) is 24.0 Å². The average molecular weight is 385 g/mol. The molecule has 0 radical (unpaired) electrons. The largest absolute Gasteiger partial charge is 0.478 e. The summed E-state index contributed by atoms with van der Waals surface area (Å²) in [5.41, 5.74) is 2.44. The molecule has 27 heavy (non-hydrogen) atoms. The van der Waals surface area contributed by atoms with Crippen molar-refractivity contribution in [1.82, 2.24) is 9.88 Å². The molecular formula is C20H23N3O3S. The number of likely N-dealkylation sites (tertiary alicyclic amines) is 1. The van der Waals surface area contributed by atoms with Crippen LogP contribution in [0.2, 0.25) is 0 Å². The first-order chi connectivity index (χ1) is 13.1. The summed E-state index contributed by atoms with van der Waals surface area (Å²) in [6.07, 6.45) is 2.09. The maximum Gasteiger partial charge on any atom is 0.268 e. The van der Waals surface area contributed by atoms with Crippen LogP contribution in [0.15, 0.2) is 23.6 Å². The zero-order valence-corrected chi connectivity index (χ0v) is 16.4. The van der Waals surface area contributed by atoms with Crippen molar-refractivity contribution in [1.29, 1.82) is 0 Å². The average Bonchev–Trinajstić information content (AvgIpc) is 3.35. The zero-order chi connectivity index (χ0) is 19.0. The van der Waals surface area contributed by atoms with Crippen LogP contribution in [0.25, 0.3) is 11.3 Å². The van der Waals surface area contributed by atoms with Gasteiger partial charge in [0.15, 0.2) is 6.10 Å². The molecule has 0 saturated carbocycles. The fourth-order valence-electron chi connectivity index (χ4n) is 3.60. The van der Waals surface area contributed by atoms with Crippen LogP contribution in [-0.2, 0) is 9.59 Å². The van der Waals surface area contributed by atoms with Crippen LogP contribution >= 0.6 is 11.3 Å². The normalized spacial score (nSPS) is 19.2. The molecule has 1 atom stereocenters. The summed E-state index contributed by atoms with van der Waals surface area (Å²) in [5.74, 6) is 0.494. The van der Waals surface area contributed by atoms with Gasteiger partial charge in [-0.2, -0.15) is 0 Å². The molecule has 0 spiro atoms. The zero-order valence-electron chi connectivity index (χ0n) is 15.6. The lowest BCUT2D eigenvalue weighted by molar-refractivity contribution is -0.132. The Morgan fingerprint density at radius 2 is 2.11 bits per heavy atom. The van der Waals surface area contributed by atoms with Crippen LogP contribution in [0, 0.1) is 6.92 Å². The molecule has 142 valence electrons. The minimum Gasteiger partial charge on any atom is -0.478 e. The molecule has 0 aliphatic carbocycles. The van der Waals surface area contributed by atoms with E-state index >= 15 is 0 Å². The van der Waals surface area contributed by atoms with Crippen molar-refractivity contribution in [3.8, 4) is 17.0 Å². The SMILES string of the molecule is CCC1Oc2ccc(-c3csc(C)n3)cc2N(CC(=O)N2CCCC2)C1=O. The highest BCUT2D eigenvalue weighted by Gasteiger charge is 2.35. The van der Waals surface area contributed by atoms with Crippen molar-refractivity contribution in [2.75, 3.05) is 24.5 Å². The summed E-state index contributed by atoms with van der Waals surface area (Å²) in [6.45, 7) is 5.50. The number of benzene rings is 1. The molecule has 0 bridgehead atoms. The van der Waals surface area contributed by atoms with E-state index in [9.17, 15) is 9.59 Å². The van der Waals surface area contributed by atoms with E-state index in [2.05, 4.69) is 4.98 Å². The van der Waals surface area contributed by atoms with Crippen LogP contribution < -0.4 is 9.64 Å². The second-order valence-electron chi connectivity index (χ2n) is 6.96. The van der Waals surface area contributed by atoms with Gasteiger partial charge in [-0.05, 0) is 44.4 Å². The Kier molecular flexibility index (Phi) is 4.86. The fraction of sp³-hybridized carbons (Fsp3) is 0.450. The number of fused-ring (bicyclic) bond motifs is 1. The molecular weight excluding hydrogens is 362 g/mol. The summed E-state index contributed by atoms with van der Waals surface area (Å²) >= 11 is 1.59. The van der Waals surface area contributed by atoms with Crippen LogP contribution in [0.1, 0.15) is 31.2 Å². The van der Waals surface area contributed by atoms with Gasteiger partial charge in [-0.3, -0.25) is 14.5 Å². The van der Waals surface area contributed by atoms with Gasteiger partial charge in [0.1, 0.15) is 12.3 Å². The quantitative estimate of drug-likeness (QED) is 0.811. The number of nitrogens with zero attached hydrogens (tertiary/aromatic N) is 3. The van der Waals surface area contributed by atoms with Gasteiger partial charge in [0.05, 0.1) is 16.4 Å². The monoisotopic (exact) mass is 385 g/mol. The molecule has 2 aliphatic rings. The lowest BCUT2D eigenvalue weighted by Crippen LogP contribution is -2.50. The van der Waals surface area contributed by atoms with Crippen LogP contribution in [0.4, 0.5) is 5.69 Å². The molecule has 0 N–H and O–H groups in total. The van der Waals surface area contributed by atoms with E-state index < -0.39 is 6.10 Å². The number of aromatic nitrogens is 1. The van der Waals surface area contributed by atoms with Crippen LogP contribution in [0.5, 0.6) is 5.75 Å². The Labute approximate surface area is 162 Å². The first-order valence-electron chi connectivity index (χ1n) is 9.39. The Hall–Kier alpha value is -2.41. The number of carbonyl (C=O) groups is 2. The van der Waals surface area contributed by atoms with Crippen molar-refractivity contribution in [2.45, 2.75) is 39.2 Å². The number of thiazole rings is 1. The van der Waals surface area contributed by atoms with Gasteiger partial charge < -0.3 is 9.64 Å². The summed E-state index contributed by atoms with van der Waals surface area (Å²) in [5, 5.41) is 2.99. The van der Waals surface area contributed by atoms with Crippen LogP contribution in [-0.4, -0.2) is 47.4 Å². The maximum atomic E-state index is 12.9. The number of aryl methyl sites for hydroxylation is 1. The molecule has 2 amide bonds. The minimum atomic E-state index is -0.545. The first-order valence-corrected chi connectivity index (χ1v) is 10.3. The van der Waals surface area contributed by atoms with Crippen LogP contribution in [0.3, 0.4) is 0 Å². The topological polar surface area (TPSA) is 62.7 Å². The fourth-order valence-corrected chi connectivity index (χ4v) is 4.22. The standard InChI is InChI=1S/C20H23N3O3S/c1-3-17-20(25)23(11-19(24)22-8-4-5-9-22)16-10-14(6-7-18(16)26-17)15-12-27-13(2)21-15/h6-7,10,12,17H,3-5,8-9,11H2,1-2H3. The third-order valence-electron chi connectivity index (χ3n) is 5.10. The predicted octanol–water partition coefficient (Wildman–Crippen LogP) is 3.24. The van der Waals surface area contributed by atoms with E-state index in [4.69, 9.17) is 4.74 Å². The minimum absolute atomic E-state index is 0.00143. The second-order valence-corrected chi connectivity index (χ2v) is 8.02. The van der Waals surface area contributed by atoms with Gasteiger partial charge in [0.2, 0.25) is 5.91 Å². The number of anilines is 1. The number of hydrogen-bond donors (Lipinski definition) is 0. The maximum absolute atomic E-state index is 12.9. The summed E-state index contributed by atoms with van der Waals surface area (Å²) < 4.78 is 5.89. The lowest BCUT2D eigenvalue weighted by atomic mass is 10.1. The molecule has 2 aliphatic heterocycles. The van der Waals surface area contributed by atoms with E-state index in [0.717, 1.165) is 42.2 Å². The van der Waals surface area contributed by atoms with Crippen molar-refractivity contribution in [3.05, 3.63) is 28.6 Å². The highest BCUT2D eigenvalue weighted by atomic mass is 32.1. The van der Waals surface area contributed by atoms with Crippen molar-refractivity contribution in [3.63, 3.8) is 0 Å². The van der Waals surface area contributed by atoms with E-state index in [-0.39, 0.29) is 18.4 Å². The molecule has 2 aromatic rings. The summed E-state index contributed by atoms with van der Waals surface area (Å²) in [7, 11) is 0. The van der Waals surface area contributed by atoms with Gasteiger partial charge in [-0.25, -0.2) is 4.98 Å². The first kappa shape index (κ1) is 18.0. The summed E-state index contributed by atoms with van der Waals surface area (Å²) in [4.78, 5) is 33.6. The van der Waals surface area contributed by atoms with E-state index in [1.807, 2.05) is 42.3 Å². The highest BCUT2D eigenvalue weighted by Crippen LogP contribution is 2.38. The van der Waals surface area contributed by atoms with Gasteiger partial charge in [-0.1, -0.05) is 6.92 Å². The van der Waals surface area contributed by atoms with E-state index in [0.29, 0.717) is 17.9 Å². The number of ether oxygens (including phenoxy) is 1. The molecule has 1 unspecified atom stereocenters. The summed E-state index contributed by atoms with van der Waals surface area (Å²) in [6, 6.07) is 5.74. The highest BCUT2D eigenvalue weighted by molar-refractivity contribution is 7.09. The number of amides is 2. The van der Waals surface area contributed by atoms with Crippen molar-refractivity contribution >= 4 is 28.8 Å². The molecule has 1 aromatic heterocycles. The third kappa shape index (κ3) is 3.43. The van der Waals surface area contributed by atoms with Gasteiger partial charge in [0.25, 0.3) is 5.91 Å². The predicted molar refractivity (Wildman–Crippen MR) is 105 cm³/mol. The van der Waals surface area contributed by atoms with E-state index in [1.165, 1.54) is 0 Å². The molecule has 3 heterocycles. The molecule has 1 aromatic carbocycles. The molecule has 6 nitrogen and oxygen atoms in total. The van der Waals surface area contributed by atoms with Gasteiger partial charge in [-0.15, -0.1) is 11.3 Å². The molecule has 1 saturated heterocycles. The Bertz CT molecular complexity index is 873. The number of hydrogen-bond acceptors (Lipinski definition) is 5. The molecule has 4 rings (SSSR count). The molecule has 1 fully saturated rings. The number of carbonyl (C=O) groups excluding carboxylic acids is 2. The third-order valence-corrected chi connectivity index (χ3v) is 5.87. The Morgan fingerprint density at radius 3 is 2.78 bits per heavy atom. The van der Waals surface area contributed by atoms with Crippen molar-refractivity contribution < 1.29 is 14.3 Å². The van der Waals surface area contributed by atoms with Crippen molar-refractivity contribution in [2.24, 2.45) is 0 Å². The smallest absolute Gasteiger partial charge is 0.268 e. The second kappa shape index (κ2) is 7.31. The lowest BCUT2D eigenvalue weighted by Gasteiger charge is -2.34. The number of rotatable bonds is 4. The Morgan fingerprint density at radius 1 is 1.33 bits per heavy atom. The Balaban J connectivity index is 1.68.